The maximum absolute atomic E-state index is 11.0. The molecule has 0 heterocycles. The minimum Gasteiger partial charge on any atom is -0.457 e. The molecule has 2 aromatic rings. The molecule has 0 aromatic heterocycles. The molecule has 0 saturated carbocycles. The quantitative estimate of drug-likeness (QED) is 0.876. The van der Waals surface area contributed by atoms with Crippen LogP contribution in [0.4, 0.5) is 0 Å². The summed E-state index contributed by atoms with van der Waals surface area (Å²) >= 11 is 0. The lowest BCUT2D eigenvalue weighted by Crippen LogP contribution is -2.10. The summed E-state index contributed by atoms with van der Waals surface area (Å²) in [5.41, 5.74) is 6.69. The van der Waals surface area contributed by atoms with Crippen LogP contribution in [0.25, 0.3) is 0 Å². The van der Waals surface area contributed by atoms with Gasteiger partial charge in [0.1, 0.15) is 11.5 Å². The van der Waals surface area contributed by atoms with Crippen LogP contribution >= 0.6 is 0 Å². The molecule has 2 rings (SSSR count). The Labute approximate surface area is 99.8 Å². The zero-order chi connectivity index (χ0) is 12.3. The van der Waals surface area contributed by atoms with Crippen LogP contribution in [-0.4, -0.2) is 5.91 Å². The van der Waals surface area contributed by atoms with E-state index in [4.69, 9.17) is 10.5 Å². The minimum absolute atomic E-state index is 0.441. The summed E-state index contributed by atoms with van der Waals surface area (Å²) in [7, 11) is 0. The fraction of sp³-hybridized carbons (Fsp3) is 0.0714. The molecular formula is C14H13NO2. The van der Waals surface area contributed by atoms with Crippen LogP contribution in [0.15, 0.2) is 48.5 Å². The Hall–Kier alpha value is -2.29. The number of ether oxygens (including phenoxy) is 1. The number of rotatable bonds is 3. The van der Waals surface area contributed by atoms with Crippen LogP contribution in [0.2, 0.25) is 0 Å². The second-order valence-corrected chi connectivity index (χ2v) is 3.76. The van der Waals surface area contributed by atoms with E-state index in [1.807, 2.05) is 31.2 Å². The maximum atomic E-state index is 11.0. The molecule has 17 heavy (non-hydrogen) atoms. The number of hydrogen-bond donors (Lipinski definition) is 1. The highest BCUT2D eigenvalue weighted by atomic mass is 16.5. The van der Waals surface area contributed by atoms with Crippen molar-refractivity contribution in [2.24, 2.45) is 5.73 Å². The van der Waals surface area contributed by atoms with E-state index < -0.39 is 5.91 Å². The van der Waals surface area contributed by atoms with Crippen molar-refractivity contribution in [3.63, 3.8) is 0 Å². The average molecular weight is 227 g/mol. The average Bonchev–Trinajstić information content (AvgIpc) is 2.32. The molecule has 0 atom stereocenters. The predicted molar refractivity (Wildman–Crippen MR) is 66.2 cm³/mol. The van der Waals surface area contributed by atoms with E-state index >= 15 is 0 Å². The first-order valence-electron chi connectivity index (χ1n) is 5.30. The molecule has 0 saturated heterocycles. The molecule has 2 N–H and O–H groups in total. The molecule has 0 bridgehead atoms. The third-order valence-electron chi connectivity index (χ3n) is 2.44. The van der Waals surface area contributed by atoms with E-state index in [-0.39, 0.29) is 0 Å². The van der Waals surface area contributed by atoms with Gasteiger partial charge >= 0.3 is 0 Å². The van der Waals surface area contributed by atoms with Crippen molar-refractivity contribution < 1.29 is 9.53 Å². The monoisotopic (exact) mass is 227 g/mol. The lowest BCUT2D eigenvalue weighted by Gasteiger charge is -2.08. The number of hydrogen-bond acceptors (Lipinski definition) is 2. The lowest BCUT2D eigenvalue weighted by atomic mass is 10.2. The predicted octanol–water partition coefficient (Wildman–Crippen LogP) is 2.89. The van der Waals surface area contributed by atoms with Gasteiger partial charge in [0.25, 0.3) is 0 Å². The molecule has 0 aliphatic heterocycles. The highest BCUT2D eigenvalue weighted by molar-refractivity contribution is 5.93. The second kappa shape index (κ2) is 4.70. The number of amides is 1. The molecular weight excluding hydrogens is 214 g/mol. The number of carbonyl (C=O) groups is 1. The number of para-hydroxylation sites is 1. The number of primary amides is 1. The third kappa shape index (κ3) is 2.64. The first-order chi connectivity index (χ1) is 8.16. The van der Waals surface area contributed by atoms with Gasteiger partial charge in [-0.05, 0) is 36.8 Å². The van der Waals surface area contributed by atoms with Gasteiger partial charge in [-0.3, -0.25) is 4.79 Å². The fourth-order valence-electron chi connectivity index (χ4n) is 1.51. The van der Waals surface area contributed by atoms with Crippen molar-refractivity contribution >= 4 is 5.91 Å². The van der Waals surface area contributed by atoms with Gasteiger partial charge in [0, 0.05) is 5.56 Å². The summed E-state index contributed by atoms with van der Waals surface area (Å²) in [4.78, 5) is 11.0. The SMILES string of the molecule is Cc1ccccc1Oc1cccc(C(N)=O)c1. The summed E-state index contributed by atoms with van der Waals surface area (Å²) in [5.74, 6) is 0.921. The number of aryl methyl sites for hydroxylation is 1. The third-order valence-corrected chi connectivity index (χ3v) is 2.44. The van der Waals surface area contributed by atoms with Gasteiger partial charge in [-0.15, -0.1) is 0 Å². The first kappa shape index (κ1) is 11.2. The van der Waals surface area contributed by atoms with Gasteiger partial charge in [0.05, 0.1) is 0 Å². The van der Waals surface area contributed by atoms with Crippen molar-refractivity contribution in [1.29, 1.82) is 0 Å². The topological polar surface area (TPSA) is 52.3 Å². The molecule has 0 unspecified atom stereocenters. The Morgan fingerprint density at radius 2 is 1.88 bits per heavy atom. The lowest BCUT2D eigenvalue weighted by molar-refractivity contribution is 0.1000. The summed E-state index contributed by atoms with van der Waals surface area (Å²) in [6, 6.07) is 14.5. The Bertz CT molecular complexity index is 549. The molecule has 3 heteroatoms. The van der Waals surface area contributed by atoms with Crippen molar-refractivity contribution in [1.82, 2.24) is 0 Å². The van der Waals surface area contributed by atoms with Gasteiger partial charge < -0.3 is 10.5 Å². The van der Waals surface area contributed by atoms with Crippen molar-refractivity contribution in [2.45, 2.75) is 6.92 Å². The van der Waals surface area contributed by atoms with Crippen LogP contribution in [-0.2, 0) is 0 Å². The van der Waals surface area contributed by atoms with E-state index in [1.165, 1.54) is 0 Å². The molecule has 3 nitrogen and oxygen atoms in total. The molecule has 0 radical (unpaired) electrons. The van der Waals surface area contributed by atoms with Crippen molar-refractivity contribution in [3.05, 3.63) is 59.7 Å². The summed E-state index contributed by atoms with van der Waals surface area (Å²) in [5, 5.41) is 0. The van der Waals surface area contributed by atoms with E-state index in [0.717, 1.165) is 11.3 Å². The zero-order valence-corrected chi connectivity index (χ0v) is 9.51. The Balaban J connectivity index is 2.28. The van der Waals surface area contributed by atoms with Gasteiger partial charge in [-0.25, -0.2) is 0 Å². The molecule has 0 aliphatic rings. The Morgan fingerprint density at radius 3 is 2.59 bits per heavy atom. The molecule has 86 valence electrons. The first-order valence-corrected chi connectivity index (χ1v) is 5.30. The van der Waals surface area contributed by atoms with E-state index in [9.17, 15) is 4.79 Å². The number of nitrogens with two attached hydrogens (primary N) is 1. The Kier molecular flexibility index (Phi) is 3.10. The largest absolute Gasteiger partial charge is 0.457 e. The summed E-state index contributed by atoms with van der Waals surface area (Å²) in [6.07, 6.45) is 0. The summed E-state index contributed by atoms with van der Waals surface area (Å²) in [6.45, 7) is 1.97. The molecule has 2 aromatic carbocycles. The van der Waals surface area contributed by atoms with E-state index in [0.29, 0.717) is 11.3 Å². The molecule has 0 spiro atoms. The Morgan fingerprint density at radius 1 is 1.12 bits per heavy atom. The van der Waals surface area contributed by atoms with Crippen molar-refractivity contribution in [3.8, 4) is 11.5 Å². The maximum Gasteiger partial charge on any atom is 0.248 e. The van der Waals surface area contributed by atoms with Gasteiger partial charge in [-0.1, -0.05) is 24.3 Å². The molecule has 1 amide bonds. The highest BCUT2D eigenvalue weighted by Gasteiger charge is 2.04. The van der Waals surface area contributed by atoms with Crippen LogP contribution < -0.4 is 10.5 Å². The molecule has 0 aliphatic carbocycles. The smallest absolute Gasteiger partial charge is 0.248 e. The van der Waals surface area contributed by atoms with Crippen LogP contribution in [0.3, 0.4) is 0 Å². The van der Waals surface area contributed by atoms with E-state index in [1.54, 1.807) is 24.3 Å². The number of carbonyl (C=O) groups excluding carboxylic acids is 1. The van der Waals surface area contributed by atoms with Crippen molar-refractivity contribution in [2.75, 3.05) is 0 Å². The van der Waals surface area contributed by atoms with Gasteiger partial charge in [0.15, 0.2) is 0 Å². The van der Waals surface area contributed by atoms with Gasteiger partial charge in [0.2, 0.25) is 5.91 Å². The zero-order valence-electron chi connectivity index (χ0n) is 9.51. The van der Waals surface area contributed by atoms with Crippen LogP contribution in [0.5, 0.6) is 11.5 Å². The second-order valence-electron chi connectivity index (χ2n) is 3.76. The standard InChI is InChI=1S/C14H13NO2/c1-10-5-2-3-8-13(10)17-12-7-4-6-11(9-12)14(15)16/h2-9H,1H3,(H2,15,16). The highest BCUT2D eigenvalue weighted by Crippen LogP contribution is 2.24. The molecule has 0 fully saturated rings. The minimum atomic E-state index is -0.458. The number of benzene rings is 2. The van der Waals surface area contributed by atoms with Crippen LogP contribution in [0, 0.1) is 6.92 Å². The van der Waals surface area contributed by atoms with Crippen LogP contribution in [0.1, 0.15) is 15.9 Å². The summed E-state index contributed by atoms with van der Waals surface area (Å²) < 4.78 is 5.69. The van der Waals surface area contributed by atoms with E-state index in [2.05, 4.69) is 0 Å². The van der Waals surface area contributed by atoms with Gasteiger partial charge in [-0.2, -0.15) is 0 Å². The fourth-order valence-corrected chi connectivity index (χ4v) is 1.51. The normalized spacial score (nSPS) is 9.94.